The molecule has 1 aliphatic rings. The highest BCUT2D eigenvalue weighted by molar-refractivity contribution is 6.17. The van der Waals surface area contributed by atoms with E-state index in [1.54, 1.807) is 5.12 Å². The highest BCUT2D eigenvalue weighted by Crippen LogP contribution is 1.98. The maximum absolute atomic E-state index is 5.48. The van der Waals surface area contributed by atoms with Gasteiger partial charge in [-0.15, -0.1) is 16.7 Å². The van der Waals surface area contributed by atoms with Crippen LogP contribution in [0.15, 0.2) is 12.4 Å². The van der Waals surface area contributed by atoms with Crippen molar-refractivity contribution in [3.05, 3.63) is 12.4 Å². The summed E-state index contributed by atoms with van der Waals surface area (Å²) in [5, 5.41) is 3.63. The Balaban J connectivity index is 2.38. The first-order valence-corrected chi connectivity index (χ1v) is 2.87. The summed E-state index contributed by atoms with van der Waals surface area (Å²) in [6.45, 7) is 0. The van der Waals surface area contributed by atoms with Crippen LogP contribution in [0.5, 0.6) is 0 Å². The molecule has 0 aromatic carbocycles. The third kappa shape index (κ3) is 0.877. The molecule has 3 nitrogen and oxygen atoms in total. The monoisotopic (exact) mass is 133 g/mol. The maximum Gasteiger partial charge on any atom is 0.113 e. The Morgan fingerprint density at radius 1 is 1.75 bits per heavy atom. The topological polar surface area (TPSA) is 18.5 Å². The van der Waals surface area contributed by atoms with Crippen molar-refractivity contribution in [3.63, 3.8) is 0 Å². The average molecular weight is 134 g/mol. The van der Waals surface area contributed by atoms with Crippen molar-refractivity contribution in [1.82, 2.24) is 15.6 Å². The number of rotatable bonds is 1. The highest BCUT2D eigenvalue weighted by Gasteiger charge is 2.07. The zero-order valence-electron chi connectivity index (χ0n) is 4.63. The van der Waals surface area contributed by atoms with Crippen LogP contribution in [-0.2, 0) is 0 Å². The number of nitrogens with zero attached hydrogens (tertiary/aromatic N) is 2. The largest absolute Gasteiger partial charge is 0.306 e. The lowest BCUT2D eigenvalue weighted by Gasteiger charge is -2.21. The van der Waals surface area contributed by atoms with Crippen LogP contribution in [0.2, 0.25) is 0 Å². The molecule has 0 amide bonds. The van der Waals surface area contributed by atoms with Gasteiger partial charge >= 0.3 is 0 Å². The van der Waals surface area contributed by atoms with Crippen molar-refractivity contribution in [2.45, 2.75) is 0 Å². The molecule has 0 aromatic rings. The van der Waals surface area contributed by atoms with Gasteiger partial charge < -0.3 is 5.43 Å². The van der Waals surface area contributed by atoms with Crippen molar-refractivity contribution >= 4 is 11.6 Å². The Morgan fingerprint density at radius 2 is 2.50 bits per heavy atom. The lowest BCUT2D eigenvalue weighted by Crippen LogP contribution is -2.37. The van der Waals surface area contributed by atoms with Crippen molar-refractivity contribution in [1.29, 1.82) is 0 Å². The van der Waals surface area contributed by atoms with Crippen molar-refractivity contribution < 1.29 is 0 Å². The second kappa shape index (κ2) is 2.24. The average Bonchev–Trinajstić information content (AvgIpc) is 2.14. The molecule has 0 fully saturated rings. The molecule has 0 aromatic heterocycles. The van der Waals surface area contributed by atoms with Crippen molar-refractivity contribution in [2.24, 2.45) is 0 Å². The van der Waals surface area contributed by atoms with E-state index in [0.717, 1.165) is 0 Å². The second-order valence-corrected chi connectivity index (χ2v) is 1.78. The Bertz CT molecular complexity index is 103. The maximum atomic E-state index is 5.48. The van der Waals surface area contributed by atoms with Crippen LogP contribution in [0.3, 0.4) is 0 Å². The van der Waals surface area contributed by atoms with E-state index in [9.17, 15) is 0 Å². The third-order valence-electron chi connectivity index (χ3n) is 1.01. The summed E-state index contributed by atoms with van der Waals surface area (Å²) in [6, 6.07) is 0.462. The fourth-order valence-electron chi connectivity index (χ4n) is 0.518. The summed E-state index contributed by atoms with van der Waals surface area (Å²) in [5.41, 5.74) is 2.90. The molecule has 0 bridgehead atoms. The second-order valence-electron chi connectivity index (χ2n) is 1.54. The number of alkyl halides is 1. The van der Waals surface area contributed by atoms with E-state index < -0.39 is 0 Å². The van der Waals surface area contributed by atoms with E-state index in [1.165, 1.54) is 0 Å². The van der Waals surface area contributed by atoms with Gasteiger partial charge in [-0.25, -0.2) is 0 Å². The van der Waals surface area contributed by atoms with Gasteiger partial charge in [-0.3, -0.25) is 5.01 Å². The molecule has 0 aliphatic carbocycles. The summed E-state index contributed by atoms with van der Waals surface area (Å²) in [6.07, 6.45) is 3.71. The van der Waals surface area contributed by atoms with Crippen LogP contribution in [-0.4, -0.2) is 23.2 Å². The number of hydrogen-bond acceptors (Lipinski definition) is 3. The van der Waals surface area contributed by atoms with Crippen LogP contribution < -0.4 is 5.43 Å². The third-order valence-corrected chi connectivity index (χ3v) is 1.23. The molecule has 46 valence electrons. The Kier molecular flexibility index (Phi) is 1.60. The van der Waals surface area contributed by atoms with Crippen LogP contribution in [0, 0.1) is 0 Å². The number of halogens is 1. The van der Waals surface area contributed by atoms with Crippen LogP contribution in [0.1, 0.15) is 0 Å². The summed E-state index contributed by atoms with van der Waals surface area (Å²) in [7, 11) is 1.92. The van der Waals surface area contributed by atoms with Crippen LogP contribution in [0.4, 0.5) is 0 Å². The molecule has 0 radical (unpaired) electrons. The van der Waals surface area contributed by atoms with Crippen LogP contribution in [0.25, 0.3) is 0 Å². The van der Waals surface area contributed by atoms with Crippen molar-refractivity contribution in [3.8, 4) is 0 Å². The van der Waals surface area contributed by atoms with E-state index in [1.807, 2.05) is 24.5 Å². The Hall–Kier alpha value is -0.410. The first-order chi connectivity index (χ1) is 3.84. The fraction of sp³-hybridized carbons (Fsp3) is 0.500. The molecule has 1 heterocycles. The van der Waals surface area contributed by atoms with Gasteiger partial charge in [-0.1, -0.05) is 0 Å². The molecule has 0 saturated carbocycles. The summed E-state index contributed by atoms with van der Waals surface area (Å²) >= 11 is 5.48. The van der Waals surface area contributed by atoms with Gasteiger partial charge in [-0.05, 0) is 0 Å². The molecule has 4 heteroatoms. The number of nitrogens with one attached hydrogen (secondary N) is 1. The summed E-state index contributed by atoms with van der Waals surface area (Å²) < 4.78 is 0. The van der Waals surface area contributed by atoms with Gasteiger partial charge in [0.05, 0.1) is 0 Å². The summed E-state index contributed by atoms with van der Waals surface area (Å²) in [4.78, 5) is 0. The minimum atomic E-state index is 0.462. The van der Waals surface area contributed by atoms with Gasteiger partial charge in [0.2, 0.25) is 0 Å². The number of hydrazine groups is 2. The molecule has 0 unspecified atom stereocenters. The smallest absolute Gasteiger partial charge is 0.113 e. The molecule has 0 spiro atoms. The van der Waals surface area contributed by atoms with Gasteiger partial charge in [0.25, 0.3) is 0 Å². The van der Waals surface area contributed by atoms with Gasteiger partial charge in [-0.2, -0.15) is 0 Å². The Labute approximate surface area is 53.5 Å². The van der Waals surface area contributed by atoms with Crippen molar-refractivity contribution in [2.75, 3.05) is 13.1 Å². The molecule has 0 atom stereocenters. The standard InChI is InChI=1S/C4H8ClN3/c1-7-3-2-6-8(7)4-5/h2-3,6H,4H2,1H3. The SMILES string of the molecule is CN1C=CNN1CCl. The van der Waals surface area contributed by atoms with Crippen LogP contribution >= 0.6 is 11.6 Å². The van der Waals surface area contributed by atoms with E-state index in [0.29, 0.717) is 6.00 Å². The lowest BCUT2D eigenvalue weighted by atomic mass is 10.9. The minimum Gasteiger partial charge on any atom is -0.306 e. The first-order valence-electron chi connectivity index (χ1n) is 2.33. The molecular formula is C4H8ClN3. The van der Waals surface area contributed by atoms with Gasteiger partial charge in [0.1, 0.15) is 6.00 Å². The molecule has 1 rings (SSSR count). The van der Waals surface area contributed by atoms with E-state index in [2.05, 4.69) is 5.43 Å². The van der Waals surface area contributed by atoms with Gasteiger partial charge in [0.15, 0.2) is 0 Å². The van der Waals surface area contributed by atoms with E-state index >= 15 is 0 Å². The normalized spacial score (nSPS) is 19.5. The fourth-order valence-corrected chi connectivity index (χ4v) is 0.755. The quantitative estimate of drug-likeness (QED) is 0.411. The zero-order chi connectivity index (χ0) is 5.98. The van der Waals surface area contributed by atoms with E-state index in [4.69, 9.17) is 11.6 Å². The highest BCUT2D eigenvalue weighted by atomic mass is 35.5. The number of hydrogen-bond donors (Lipinski definition) is 1. The van der Waals surface area contributed by atoms with E-state index in [-0.39, 0.29) is 0 Å². The minimum absolute atomic E-state index is 0.462. The predicted molar refractivity (Wildman–Crippen MR) is 32.6 cm³/mol. The molecular weight excluding hydrogens is 126 g/mol. The van der Waals surface area contributed by atoms with Gasteiger partial charge in [0, 0.05) is 19.4 Å². The zero-order valence-corrected chi connectivity index (χ0v) is 5.39. The summed E-state index contributed by atoms with van der Waals surface area (Å²) in [5.74, 6) is 0. The molecule has 1 aliphatic heterocycles. The molecule has 1 N–H and O–H groups in total. The molecule has 8 heavy (non-hydrogen) atoms. The first kappa shape index (κ1) is 5.72. The Morgan fingerprint density at radius 3 is 2.75 bits per heavy atom. The lowest BCUT2D eigenvalue weighted by molar-refractivity contribution is 0.0544. The predicted octanol–water partition coefficient (Wildman–Crippen LogP) is 0.321. The molecule has 0 saturated heterocycles.